The van der Waals surface area contributed by atoms with Gasteiger partial charge in [-0.1, -0.05) is 53.4 Å². The molecule has 15 atom stereocenters. The molecule has 1 aliphatic heterocycles. The average molecular weight is 711 g/mol. The van der Waals surface area contributed by atoms with Gasteiger partial charge in [0.2, 0.25) is 0 Å². The first-order valence-electron chi connectivity index (χ1n) is 19.5. The minimum Gasteiger partial charge on any atom is -0.508 e. The third-order valence-corrected chi connectivity index (χ3v) is 16.5. The number of ketones is 1. The number of hydrogen-bond acceptors (Lipinski definition) is 10. The van der Waals surface area contributed by atoms with Gasteiger partial charge in [-0.15, -0.1) is 0 Å². The molecule has 7 aliphatic rings. The van der Waals surface area contributed by atoms with E-state index >= 15 is 0 Å². The van der Waals surface area contributed by atoms with Gasteiger partial charge in [-0.3, -0.25) is 4.79 Å². The summed E-state index contributed by atoms with van der Waals surface area (Å²) in [7, 11) is 0. The Labute approximate surface area is 300 Å². The van der Waals surface area contributed by atoms with E-state index in [2.05, 4.69) is 6.92 Å². The number of ether oxygens (including phenoxy) is 1. The lowest BCUT2D eigenvalue weighted by atomic mass is 9.37. The molecule has 6 fully saturated rings. The Kier molecular flexibility index (Phi) is 8.09. The van der Waals surface area contributed by atoms with E-state index in [1.54, 1.807) is 6.08 Å². The number of hydrogen-bond donors (Lipinski definition) is 8. The van der Waals surface area contributed by atoms with E-state index in [1.807, 2.05) is 20.8 Å². The molecular formula is C41H58O10. The highest BCUT2D eigenvalue weighted by Gasteiger charge is 2.82. The first-order chi connectivity index (χ1) is 23.9. The highest BCUT2D eigenvalue weighted by Crippen LogP contribution is 2.78. The maximum absolute atomic E-state index is 14.7. The third kappa shape index (κ3) is 4.44. The SMILES string of the molecule is C[C@H]1[C@H](C)CCC[C@]2(O[C@H]3C[C@@]4(O)C5=CC(=O)[C@@H]6[C@@H](c7cc(O)cc(O)c7)[C@@H](O)[C@@H](O)C[C@]6(C)[C@H]5C5(CCCC5)C[C@]4(C)[C@H]3[C@]2(O)CCO)[C@H]1O. The number of aliphatic hydroxyl groups excluding tert-OH is 4. The van der Waals surface area contributed by atoms with Crippen LogP contribution in [0.2, 0.25) is 0 Å². The molecule has 0 radical (unpaired) electrons. The maximum atomic E-state index is 14.7. The molecule has 2 spiro atoms. The van der Waals surface area contributed by atoms with E-state index in [0.717, 1.165) is 38.5 Å². The Bertz CT molecular complexity index is 1600. The second-order valence-corrected chi connectivity index (χ2v) is 18.8. The van der Waals surface area contributed by atoms with Crippen molar-refractivity contribution in [2.24, 2.45) is 45.8 Å². The molecule has 0 aromatic heterocycles. The van der Waals surface area contributed by atoms with Crippen LogP contribution in [0.1, 0.15) is 110 Å². The maximum Gasteiger partial charge on any atom is 0.160 e. The summed E-state index contributed by atoms with van der Waals surface area (Å²) in [5, 5.41) is 93.2. The van der Waals surface area contributed by atoms with E-state index in [0.29, 0.717) is 24.0 Å². The summed E-state index contributed by atoms with van der Waals surface area (Å²) in [6, 6.07) is 4.06. The van der Waals surface area contributed by atoms with Crippen LogP contribution in [0, 0.1) is 45.8 Å². The van der Waals surface area contributed by atoms with Crippen molar-refractivity contribution < 1.29 is 50.4 Å². The molecule has 0 bridgehead atoms. The molecule has 8 rings (SSSR count). The van der Waals surface area contributed by atoms with Crippen molar-refractivity contribution in [1.82, 2.24) is 0 Å². The number of benzene rings is 1. The molecule has 10 heteroatoms. The van der Waals surface area contributed by atoms with Gasteiger partial charge in [0.05, 0.1) is 30.0 Å². The molecule has 1 saturated heterocycles. The predicted octanol–water partition coefficient (Wildman–Crippen LogP) is 3.84. The zero-order chi connectivity index (χ0) is 36.7. The summed E-state index contributed by atoms with van der Waals surface area (Å²) in [6.07, 6.45) is 3.91. The van der Waals surface area contributed by atoms with Gasteiger partial charge in [0.25, 0.3) is 0 Å². The number of phenols is 2. The largest absolute Gasteiger partial charge is 0.508 e. The lowest BCUT2D eigenvalue weighted by Gasteiger charge is -2.67. The Balaban J connectivity index is 1.30. The van der Waals surface area contributed by atoms with Crippen LogP contribution in [-0.2, 0) is 9.53 Å². The van der Waals surface area contributed by atoms with Crippen LogP contribution in [0.3, 0.4) is 0 Å². The normalized spacial score (nSPS) is 51.5. The standard InChI is InChI=1S/C41H58O10/c1-21-8-7-11-41(35(48)22(21)2)39(49,12-13-42)34-29(51-41)19-40(50)26-17-27(45)31-30(23-14-24(43)16-25(44)15-23)32(47)28(46)18-36(31,3)33(26)38(9-5-6-10-38)20-37(34,40)4/h14-17,21-22,28-35,42-44,46-50H,5-13,18-20H2,1-4H3/t21-,22+,28+,29+,30-,31-,32+,33+,34+,35+,36+,37-,39-,40-,41+/m1/s1. The van der Waals surface area contributed by atoms with Crippen molar-refractivity contribution in [2.75, 3.05) is 6.61 Å². The van der Waals surface area contributed by atoms with Gasteiger partial charge in [-0.05, 0) is 90.0 Å². The lowest BCUT2D eigenvalue weighted by Crippen LogP contribution is -2.70. The summed E-state index contributed by atoms with van der Waals surface area (Å²) in [6.45, 7) is 7.86. The molecule has 10 nitrogen and oxygen atoms in total. The van der Waals surface area contributed by atoms with Crippen LogP contribution in [-0.4, -0.2) is 94.5 Å². The van der Waals surface area contributed by atoms with Crippen LogP contribution in [0.15, 0.2) is 29.8 Å². The fraction of sp³-hybridized carbons (Fsp3) is 0.780. The van der Waals surface area contributed by atoms with E-state index in [9.17, 15) is 45.6 Å². The van der Waals surface area contributed by atoms with Crippen molar-refractivity contribution >= 4 is 5.78 Å². The van der Waals surface area contributed by atoms with Crippen LogP contribution < -0.4 is 0 Å². The molecular weight excluding hydrogens is 652 g/mol. The van der Waals surface area contributed by atoms with Gasteiger partial charge in [0, 0.05) is 48.7 Å². The number of carbonyl (C=O) groups is 1. The number of carbonyl (C=O) groups excluding carboxylic acids is 1. The minimum atomic E-state index is -1.64. The Morgan fingerprint density at radius 2 is 1.59 bits per heavy atom. The number of rotatable bonds is 3. The summed E-state index contributed by atoms with van der Waals surface area (Å²) in [5.74, 6) is -3.30. The molecule has 6 aliphatic carbocycles. The van der Waals surface area contributed by atoms with E-state index in [-0.39, 0.29) is 60.9 Å². The molecule has 0 unspecified atom stereocenters. The number of fused-ring (bicyclic) bond motifs is 8. The lowest BCUT2D eigenvalue weighted by molar-refractivity contribution is -0.241. The molecule has 282 valence electrons. The fourth-order valence-electron chi connectivity index (χ4n) is 14.6. The van der Waals surface area contributed by atoms with Gasteiger partial charge >= 0.3 is 0 Å². The van der Waals surface area contributed by atoms with Crippen LogP contribution in [0.4, 0.5) is 0 Å². The van der Waals surface area contributed by atoms with E-state index < -0.39 is 75.2 Å². The molecule has 5 saturated carbocycles. The Morgan fingerprint density at radius 3 is 2.24 bits per heavy atom. The van der Waals surface area contributed by atoms with Crippen molar-refractivity contribution in [3.8, 4) is 11.5 Å². The molecule has 1 aromatic carbocycles. The van der Waals surface area contributed by atoms with Gasteiger partial charge in [-0.2, -0.15) is 0 Å². The first kappa shape index (κ1) is 36.0. The van der Waals surface area contributed by atoms with Crippen molar-refractivity contribution in [1.29, 1.82) is 0 Å². The van der Waals surface area contributed by atoms with Gasteiger partial charge in [0.1, 0.15) is 22.7 Å². The Morgan fingerprint density at radius 1 is 0.922 bits per heavy atom. The van der Waals surface area contributed by atoms with Crippen LogP contribution in [0.25, 0.3) is 0 Å². The number of aromatic hydroxyl groups is 2. The number of aliphatic hydroxyl groups is 6. The minimum absolute atomic E-state index is 0.00524. The predicted molar refractivity (Wildman–Crippen MR) is 186 cm³/mol. The molecule has 1 heterocycles. The number of allylic oxidation sites excluding steroid dienone is 1. The zero-order valence-electron chi connectivity index (χ0n) is 30.5. The second kappa shape index (κ2) is 11.5. The van der Waals surface area contributed by atoms with Gasteiger partial charge in [-0.25, -0.2) is 0 Å². The molecule has 0 amide bonds. The van der Waals surface area contributed by atoms with Crippen LogP contribution >= 0.6 is 0 Å². The van der Waals surface area contributed by atoms with E-state index in [4.69, 9.17) is 4.74 Å². The third-order valence-electron chi connectivity index (χ3n) is 16.5. The van der Waals surface area contributed by atoms with Crippen molar-refractivity contribution in [3.63, 3.8) is 0 Å². The fourth-order valence-corrected chi connectivity index (χ4v) is 14.6. The summed E-state index contributed by atoms with van der Waals surface area (Å²) < 4.78 is 7.03. The summed E-state index contributed by atoms with van der Waals surface area (Å²) in [4.78, 5) is 14.7. The van der Waals surface area contributed by atoms with Crippen LogP contribution in [0.5, 0.6) is 11.5 Å². The molecule has 8 N–H and O–H groups in total. The molecule has 1 aromatic rings. The van der Waals surface area contributed by atoms with Crippen molar-refractivity contribution in [3.05, 3.63) is 35.4 Å². The highest BCUT2D eigenvalue weighted by atomic mass is 16.6. The summed E-state index contributed by atoms with van der Waals surface area (Å²) in [5.41, 5.74) is -5.83. The second-order valence-electron chi connectivity index (χ2n) is 18.8. The zero-order valence-corrected chi connectivity index (χ0v) is 30.5. The quantitative estimate of drug-likeness (QED) is 0.229. The topological polar surface area (TPSA) is 188 Å². The Hall–Kier alpha value is -2.05. The van der Waals surface area contributed by atoms with Crippen molar-refractivity contribution in [2.45, 2.75) is 145 Å². The highest BCUT2D eigenvalue weighted by molar-refractivity contribution is 5.96. The average Bonchev–Trinajstić information content (AvgIpc) is 3.64. The smallest absolute Gasteiger partial charge is 0.160 e. The molecule has 51 heavy (non-hydrogen) atoms. The van der Waals surface area contributed by atoms with E-state index in [1.165, 1.54) is 18.2 Å². The summed E-state index contributed by atoms with van der Waals surface area (Å²) >= 11 is 0. The number of phenolic OH excluding ortho intramolecular Hbond substituents is 2. The van der Waals surface area contributed by atoms with Gasteiger partial charge < -0.3 is 45.6 Å². The van der Waals surface area contributed by atoms with Gasteiger partial charge in [0.15, 0.2) is 5.78 Å². The first-order valence-corrected chi connectivity index (χ1v) is 19.5. The monoisotopic (exact) mass is 710 g/mol.